The summed E-state index contributed by atoms with van der Waals surface area (Å²) >= 11 is 0. The van der Waals surface area contributed by atoms with E-state index in [2.05, 4.69) is 34.3 Å². The van der Waals surface area contributed by atoms with Gasteiger partial charge in [0.2, 0.25) is 0 Å². The van der Waals surface area contributed by atoms with Crippen LogP contribution in [0.4, 0.5) is 11.4 Å². The number of hydrogen-bond donors (Lipinski definition) is 4. The van der Waals surface area contributed by atoms with Gasteiger partial charge in [0.1, 0.15) is 0 Å². The van der Waals surface area contributed by atoms with Crippen LogP contribution in [-0.2, 0) is 6.42 Å². The van der Waals surface area contributed by atoms with Gasteiger partial charge in [-0.15, -0.1) is 0 Å². The maximum Gasteiger partial charge on any atom is 0.191 e. The minimum atomic E-state index is 0.0676. The van der Waals surface area contributed by atoms with Gasteiger partial charge in [-0.2, -0.15) is 0 Å². The van der Waals surface area contributed by atoms with Gasteiger partial charge < -0.3 is 22.9 Å². The number of fused-ring (bicyclic) bond motifs is 1. The summed E-state index contributed by atoms with van der Waals surface area (Å²) in [5.41, 5.74) is 27.2. The SMILES string of the molecule is NC(N)=Nc1ccc(C2CCCc3cc(N=C(N)N)ccc32)cc1. The zero-order chi connectivity index (χ0) is 17.1. The molecular weight excluding hydrogens is 300 g/mol. The van der Waals surface area contributed by atoms with E-state index in [1.165, 1.54) is 16.7 Å². The topological polar surface area (TPSA) is 129 Å². The molecular formula is C18H22N6. The van der Waals surface area contributed by atoms with Crippen LogP contribution in [0, 0.1) is 0 Å². The molecule has 0 radical (unpaired) electrons. The number of benzene rings is 2. The van der Waals surface area contributed by atoms with Gasteiger partial charge in [-0.25, -0.2) is 9.98 Å². The highest BCUT2D eigenvalue weighted by molar-refractivity contribution is 5.79. The van der Waals surface area contributed by atoms with Gasteiger partial charge in [0.25, 0.3) is 0 Å². The van der Waals surface area contributed by atoms with Crippen molar-refractivity contribution < 1.29 is 0 Å². The molecule has 0 saturated carbocycles. The van der Waals surface area contributed by atoms with Crippen molar-refractivity contribution in [3.8, 4) is 0 Å². The second-order valence-corrected chi connectivity index (χ2v) is 5.99. The average Bonchev–Trinajstić information content (AvgIpc) is 2.54. The molecule has 8 N–H and O–H groups in total. The molecule has 0 aliphatic heterocycles. The van der Waals surface area contributed by atoms with Crippen LogP contribution in [0.5, 0.6) is 0 Å². The Morgan fingerprint density at radius 2 is 1.46 bits per heavy atom. The Labute approximate surface area is 141 Å². The number of hydrogen-bond acceptors (Lipinski definition) is 2. The molecule has 6 nitrogen and oxygen atoms in total. The number of nitrogens with two attached hydrogens (primary N) is 4. The Balaban J connectivity index is 1.92. The molecule has 0 aromatic heterocycles. The molecule has 0 heterocycles. The Hall–Kier alpha value is -3.02. The second-order valence-electron chi connectivity index (χ2n) is 5.99. The molecule has 0 spiro atoms. The summed E-state index contributed by atoms with van der Waals surface area (Å²) in [7, 11) is 0. The van der Waals surface area contributed by atoms with Crippen LogP contribution in [0.3, 0.4) is 0 Å². The number of guanidine groups is 2. The van der Waals surface area contributed by atoms with E-state index in [-0.39, 0.29) is 11.9 Å². The van der Waals surface area contributed by atoms with E-state index in [1.807, 2.05) is 18.2 Å². The van der Waals surface area contributed by atoms with E-state index < -0.39 is 0 Å². The van der Waals surface area contributed by atoms with Crippen LogP contribution in [0.1, 0.15) is 35.4 Å². The maximum absolute atomic E-state index is 5.47. The van der Waals surface area contributed by atoms with Crippen LogP contribution in [0.25, 0.3) is 0 Å². The lowest BCUT2D eigenvalue weighted by atomic mass is 9.79. The van der Waals surface area contributed by atoms with Gasteiger partial charge in [0.15, 0.2) is 11.9 Å². The van der Waals surface area contributed by atoms with E-state index in [0.717, 1.165) is 30.6 Å². The molecule has 2 aromatic rings. The molecule has 24 heavy (non-hydrogen) atoms. The first-order valence-corrected chi connectivity index (χ1v) is 7.95. The quantitative estimate of drug-likeness (QED) is 0.508. The molecule has 0 bridgehead atoms. The lowest BCUT2D eigenvalue weighted by Crippen LogP contribution is -2.22. The van der Waals surface area contributed by atoms with E-state index in [4.69, 9.17) is 22.9 Å². The average molecular weight is 322 g/mol. The Morgan fingerprint density at radius 3 is 2.12 bits per heavy atom. The minimum absolute atomic E-state index is 0.0676. The number of nitrogens with zero attached hydrogens (tertiary/aromatic N) is 2. The first-order chi connectivity index (χ1) is 11.5. The molecule has 3 rings (SSSR count). The van der Waals surface area contributed by atoms with Gasteiger partial charge in [-0.1, -0.05) is 18.2 Å². The Kier molecular flexibility index (Phi) is 4.37. The summed E-state index contributed by atoms with van der Waals surface area (Å²) in [6.07, 6.45) is 3.31. The van der Waals surface area contributed by atoms with Crippen molar-refractivity contribution in [2.24, 2.45) is 32.9 Å². The van der Waals surface area contributed by atoms with Gasteiger partial charge in [-0.3, -0.25) is 0 Å². The third kappa shape index (κ3) is 3.48. The molecule has 6 heteroatoms. The van der Waals surface area contributed by atoms with Gasteiger partial charge >= 0.3 is 0 Å². The van der Waals surface area contributed by atoms with Crippen LogP contribution in [0.15, 0.2) is 52.4 Å². The molecule has 1 aliphatic carbocycles. The first-order valence-electron chi connectivity index (χ1n) is 7.95. The van der Waals surface area contributed by atoms with E-state index >= 15 is 0 Å². The van der Waals surface area contributed by atoms with Crippen molar-refractivity contribution in [1.82, 2.24) is 0 Å². The first kappa shape index (κ1) is 15.9. The lowest BCUT2D eigenvalue weighted by Gasteiger charge is -2.26. The fourth-order valence-electron chi connectivity index (χ4n) is 3.30. The summed E-state index contributed by atoms with van der Waals surface area (Å²) in [6, 6.07) is 14.2. The summed E-state index contributed by atoms with van der Waals surface area (Å²) < 4.78 is 0. The highest BCUT2D eigenvalue weighted by atomic mass is 15.0. The summed E-state index contributed by atoms with van der Waals surface area (Å²) in [6.45, 7) is 0. The molecule has 2 aromatic carbocycles. The highest BCUT2D eigenvalue weighted by Gasteiger charge is 2.22. The third-order valence-corrected chi connectivity index (χ3v) is 4.25. The molecule has 0 fully saturated rings. The van der Waals surface area contributed by atoms with Gasteiger partial charge in [-0.05, 0) is 60.2 Å². The fraction of sp³-hybridized carbons (Fsp3) is 0.222. The monoisotopic (exact) mass is 322 g/mol. The van der Waals surface area contributed by atoms with Crippen molar-refractivity contribution in [2.45, 2.75) is 25.2 Å². The van der Waals surface area contributed by atoms with Crippen LogP contribution >= 0.6 is 0 Å². The Bertz CT molecular complexity index is 784. The molecule has 1 unspecified atom stereocenters. The van der Waals surface area contributed by atoms with E-state index in [9.17, 15) is 0 Å². The number of rotatable bonds is 3. The van der Waals surface area contributed by atoms with Crippen molar-refractivity contribution in [2.75, 3.05) is 0 Å². The van der Waals surface area contributed by atoms with E-state index in [0.29, 0.717) is 5.92 Å². The zero-order valence-electron chi connectivity index (χ0n) is 13.4. The lowest BCUT2D eigenvalue weighted by molar-refractivity contribution is 0.616. The Morgan fingerprint density at radius 1 is 0.833 bits per heavy atom. The van der Waals surface area contributed by atoms with Crippen molar-refractivity contribution in [3.05, 3.63) is 59.2 Å². The molecule has 0 amide bonds. The summed E-state index contributed by atoms with van der Waals surface area (Å²) in [5, 5.41) is 0. The summed E-state index contributed by atoms with van der Waals surface area (Å²) in [4.78, 5) is 8.20. The smallest absolute Gasteiger partial charge is 0.191 e. The molecule has 1 atom stereocenters. The van der Waals surface area contributed by atoms with Crippen molar-refractivity contribution in [3.63, 3.8) is 0 Å². The number of aryl methyl sites for hydroxylation is 1. The summed E-state index contributed by atoms with van der Waals surface area (Å²) in [5.74, 6) is 0.519. The fourth-order valence-corrected chi connectivity index (χ4v) is 3.30. The van der Waals surface area contributed by atoms with Crippen molar-refractivity contribution in [1.29, 1.82) is 0 Å². The predicted molar refractivity (Wildman–Crippen MR) is 98.6 cm³/mol. The second kappa shape index (κ2) is 6.62. The minimum Gasteiger partial charge on any atom is -0.370 e. The van der Waals surface area contributed by atoms with Crippen LogP contribution in [-0.4, -0.2) is 11.9 Å². The van der Waals surface area contributed by atoms with Gasteiger partial charge in [0, 0.05) is 5.92 Å². The molecule has 1 aliphatic rings. The maximum atomic E-state index is 5.47. The molecule has 124 valence electrons. The standard InChI is InChI=1S/C18H22N6/c19-17(20)23-13-6-4-11(5-7-13)15-3-1-2-12-10-14(24-18(21)22)8-9-16(12)15/h4-10,15H,1-3H2,(H4,19,20,23)(H4,21,22,24). The highest BCUT2D eigenvalue weighted by Crippen LogP contribution is 2.38. The predicted octanol–water partition coefficient (Wildman–Crippen LogP) is 1.96. The largest absolute Gasteiger partial charge is 0.370 e. The van der Waals surface area contributed by atoms with Gasteiger partial charge in [0.05, 0.1) is 11.4 Å². The normalized spacial score (nSPS) is 16.1. The van der Waals surface area contributed by atoms with Crippen LogP contribution in [0.2, 0.25) is 0 Å². The van der Waals surface area contributed by atoms with E-state index in [1.54, 1.807) is 0 Å². The number of aliphatic imine (C=N–C) groups is 2. The van der Waals surface area contributed by atoms with Crippen molar-refractivity contribution >= 4 is 23.3 Å². The third-order valence-electron chi connectivity index (χ3n) is 4.25. The molecule has 0 saturated heterocycles. The zero-order valence-corrected chi connectivity index (χ0v) is 13.4. The van der Waals surface area contributed by atoms with Crippen LogP contribution < -0.4 is 22.9 Å².